The molecule has 116 valence electrons. The SMILES string of the molecule is O=C(c1ccnc2ccncc12)N1CCC(CCCO)CC1. The molecule has 3 rings (SSSR count). The first-order valence-corrected chi connectivity index (χ1v) is 7.88. The number of aliphatic hydroxyl groups is 1. The molecule has 22 heavy (non-hydrogen) atoms. The third-order valence-electron chi connectivity index (χ3n) is 4.45. The second kappa shape index (κ2) is 6.83. The van der Waals surface area contributed by atoms with Crippen LogP contribution in [0.4, 0.5) is 0 Å². The van der Waals surface area contributed by atoms with Crippen molar-refractivity contribution in [1.29, 1.82) is 0 Å². The van der Waals surface area contributed by atoms with Gasteiger partial charge < -0.3 is 10.0 Å². The molecule has 1 aliphatic heterocycles. The molecule has 1 N–H and O–H groups in total. The van der Waals surface area contributed by atoms with E-state index in [1.165, 1.54) is 0 Å². The number of nitrogens with zero attached hydrogens (tertiary/aromatic N) is 3. The molecule has 1 saturated heterocycles. The van der Waals surface area contributed by atoms with Gasteiger partial charge in [0.1, 0.15) is 0 Å². The van der Waals surface area contributed by atoms with E-state index in [2.05, 4.69) is 9.97 Å². The number of hydrogen-bond acceptors (Lipinski definition) is 4. The van der Waals surface area contributed by atoms with Gasteiger partial charge in [0.2, 0.25) is 0 Å². The minimum Gasteiger partial charge on any atom is -0.396 e. The smallest absolute Gasteiger partial charge is 0.254 e. The van der Waals surface area contributed by atoms with Crippen LogP contribution in [0.5, 0.6) is 0 Å². The summed E-state index contributed by atoms with van der Waals surface area (Å²) in [5, 5.41) is 9.73. The number of piperidine rings is 1. The van der Waals surface area contributed by atoms with Crippen LogP contribution < -0.4 is 0 Å². The van der Waals surface area contributed by atoms with E-state index in [0.29, 0.717) is 11.5 Å². The molecule has 5 heteroatoms. The first kappa shape index (κ1) is 14.9. The van der Waals surface area contributed by atoms with Crippen molar-refractivity contribution >= 4 is 16.8 Å². The zero-order chi connectivity index (χ0) is 15.4. The maximum atomic E-state index is 12.8. The Kier molecular flexibility index (Phi) is 4.63. The van der Waals surface area contributed by atoms with E-state index in [0.717, 1.165) is 49.7 Å². The van der Waals surface area contributed by atoms with Crippen LogP contribution in [0.3, 0.4) is 0 Å². The number of rotatable bonds is 4. The highest BCUT2D eigenvalue weighted by Gasteiger charge is 2.24. The highest BCUT2D eigenvalue weighted by molar-refractivity contribution is 6.05. The number of aliphatic hydroxyl groups excluding tert-OH is 1. The van der Waals surface area contributed by atoms with Crippen LogP contribution in [0.2, 0.25) is 0 Å². The summed E-state index contributed by atoms with van der Waals surface area (Å²) in [5.41, 5.74) is 1.49. The Morgan fingerprint density at radius 2 is 2.09 bits per heavy atom. The van der Waals surface area contributed by atoms with E-state index < -0.39 is 0 Å². The molecule has 0 aromatic carbocycles. The normalized spacial score (nSPS) is 16.1. The van der Waals surface area contributed by atoms with Gasteiger partial charge in [0, 0.05) is 43.7 Å². The van der Waals surface area contributed by atoms with E-state index in [4.69, 9.17) is 5.11 Å². The van der Waals surface area contributed by atoms with E-state index in [1.54, 1.807) is 24.7 Å². The molecule has 0 unspecified atom stereocenters. The third kappa shape index (κ3) is 3.09. The van der Waals surface area contributed by atoms with Gasteiger partial charge in [-0.2, -0.15) is 0 Å². The summed E-state index contributed by atoms with van der Waals surface area (Å²) in [7, 11) is 0. The average Bonchev–Trinajstić information content (AvgIpc) is 2.59. The van der Waals surface area contributed by atoms with Gasteiger partial charge in [-0.05, 0) is 43.7 Å². The zero-order valence-electron chi connectivity index (χ0n) is 12.6. The lowest BCUT2D eigenvalue weighted by atomic mass is 9.92. The van der Waals surface area contributed by atoms with Gasteiger partial charge >= 0.3 is 0 Å². The topological polar surface area (TPSA) is 66.3 Å². The van der Waals surface area contributed by atoms with E-state index in [-0.39, 0.29) is 12.5 Å². The van der Waals surface area contributed by atoms with Gasteiger partial charge in [0.25, 0.3) is 5.91 Å². The Balaban J connectivity index is 1.72. The third-order valence-corrected chi connectivity index (χ3v) is 4.45. The molecule has 0 saturated carbocycles. The lowest BCUT2D eigenvalue weighted by Crippen LogP contribution is -2.38. The summed E-state index contributed by atoms with van der Waals surface area (Å²) in [6.45, 7) is 1.84. The average molecular weight is 299 g/mol. The van der Waals surface area contributed by atoms with E-state index in [1.807, 2.05) is 11.0 Å². The maximum Gasteiger partial charge on any atom is 0.254 e. The van der Waals surface area contributed by atoms with Gasteiger partial charge in [0.15, 0.2) is 0 Å². The molecule has 0 radical (unpaired) electrons. The molecule has 0 atom stereocenters. The molecule has 1 aliphatic rings. The Morgan fingerprint density at radius 3 is 2.86 bits per heavy atom. The maximum absolute atomic E-state index is 12.8. The van der Waals surface area contributed by atoms with Crippen molar-refractivity contribution in [3.8, 4) is 0 Å². The highest BCUT2D eigenvalue weighted by atomic mass is 16.2. The molecule has 2 aromatic heterocycles. The number of carbonyl (C=O) groups is 1. The van der Waals surface area contributed by atoms with Crippen molar-refractivity contribution in [1.82, 2.24) is 14.9 Å². The van der Waals surface area contributed by atoms with Crippen LogP contribution in [-0.4, -0.2) is 45.6 Å². The molecule has 0 aliphatic carbocycles. The van der Waals surface area contributed by atoms with Crippen LogP contribution in [0.25, 0.3) is 10.9 Å². The lowest BCUT2D eigenvalue weighted by molar-refractivity contribution is 0.0685. The fourth-order valence-electron chi connectivity index (χ4n) is 3.15. The first-order chi connectivity index (χ1) is 10.8. The molecule has 3 heterocycles. The van der Waals surface area contributed by atoms with Gasteiger partial charge in [-0.25, -0.2) is 0 Å². The van der Waals surface area contributed by atoms with Gasteiger partial charge in [-0.1, -0.05) is 0 Å². The minimum absolute atomic E-state index is 0.0704. The highest BCUT2D eigenvalue weighted by Crippen LogP contribution is 2.24. The number of carbonyl (C=O) groups excluding carboxylic acids is 1. The van der Waals surface area contributed by atoms with E-state index >= 15 is 0 Å². The van der Waals surface area contributed by atoms with Gasteiger partial charge in [-0.15, -0.1) is 0 Å². The Hall–Kier alpha value is -2.01. The summed E-state index contributed by atoms with van der Waals surface area (Å²) in [5.74, 6) is 0.702. The number of aromatic nitrogens is 2. The predicted molar refractivity (Wildman–Crippen MR) is 84.5 cm³/mol. The minimum atomic E-state index is 0.0704. The molecule has 0 spiro atoms. The Bertz CT molecular complexity index is 646. The fraction of sp³-hybridized carbons (Fsp3) is 0.471. The largest absolute Gasteiger partial charge is 0.396 e. The van der Waals surface area contributed by atoms with Gasteiger partial charge in [0.05, 0.1) is 11.1 Å². The summed E-state index contributed by atoms with van der Waals surface area (Å²) in [6, 6.07) is 3.61. The predicted octanol–water partition coefficient (Wildman–Crippen LogP) is 2.25. The van der Waals surface area contributed by atoms with Crippen molar-refractivity contribution < 1.29 is 9.90 Å². The van der Waals surface area contributed by atoms with Crippen LogP contribution in [0.1, 0.15) is 36.0 Å². The summed E-state index contributed by atoms with van der Waals surface area (Å²) < 4.78 is 0. The van der Waals surface area contributed by atoms with Crippen LogP contribution >= 0.6 is 0 Å². The molecule has 0 bridgehead atoms. The molecular formula is C17H21N3O2. The Labute approximate surface area is 130 Å². The number of fused-ring (bicyclic) bond motifs is 1. The van der Waals surface area contributed by atoms with Crippen molar-refractivity contribution in [3.05, 3.63) is 36.3 Å². The Morgan fingerprint density at radius 1 is 1.27 bits per heavy atom. The van der Waals surface area contributed by atoms with Crippen LogP contribution in [-0.2, 0) is 0 Å². The van der Waals surface area contributed by atoms with Crippen LogP contribution in [0.15, 0.2) is 30.7 Å². The number of hydrogen-bond donors (Lipinski definition) is 1. The first-order valence-electron chi connectivity index (χ1n) is 7.88. The van der Waals surface area contributed by atoms with Crippen LogP contribution in [0, 0.1) is 5.92 Å². The standard InChI is InChI=1S/C17H21N3O2/c21-11-1-2-13-5-9-20(10-6-13)17(22)14-3-8-19-16-4-7-18-12-15(14)16/h3-4,7-8,12-13,21H,1-2,5-6,9-11H2. The quantitative estimate of drug-likeness (QED) is 0.940. The molecule has 5 nitrogen and oxygen atoms in total. The summed E-state index contributed by atoms with van der Waals surface area (Å²) >= 11 is 0. The second-order valence-electron chi connectivity index (χ2n) is 5.85. The number of amides is 1. The monoisotopic (exact) mass is 299 g/mol. The summed E-state index contributed by atoms with van der Waals surface area (Å²) in [4.78, 5) is 23.1. The molecule has 1 fully saturated rings. The second-order valence-corrected chi connectivity index (χ2v) is 5.85. The van der Waals surface area contributed by atoms with Crippen molar-refractivity contribution in [2.45, 2.75) is 25.7 Å². The summed E-state index contributed by atoms with van der Waals surface area (Å²) in [6.07, 6.45) is 9.04. The fourth-order valence-corrected chi connectivity index (χ4v) is 3.15. The molecular weight excluding hydrogens is 278 g/mol. The zero-order valence-corrected chi connectivity index (χ0v) is 12.6. The van der Waals surface area contributed by atoms with Gasteiger partial charge in [-0.3, -0.25) is 14.8 Å². The molecule has 2 aromatic rings. The van der Waals surface area contributed by atoms with Crippen molar-refractivity contribution in [3.63, 3.8) is 0 Å². The lowest BCUT2D eigenvalue weighted by Gasteiger charge is -2.32. The number of pyridine rings is 2. The number of likely N-dealkylation sites (tertiary alicyclic amines) is 1. The molecule has 1 amide bonds. The van der Waals surface area contributed by atoms with E-state index in [9.17, 15) is 4.79 Å². The van der Waals surface area contributed by atoms with Crippen molar-refractivity contribution in [2.24, 2.45) is 5.92 Å². The van der Waals surface area contributed by atoms with Crippen molar-refractivity contribution in [2.75, 3.05) is 19.7 Å².